The Balaban J connectivity index is 1.83. The van der Waals surface area contributed by atoms with Crippen LogP contribution in [0.5, 0.6) is 5.75 Å². The molecule has 140 valence electrons. The summed E-state index contributed by atoms with van der Waals surface area (Å²) in [4.78, 5) is 41.2. The molecule has 3 rings (SSSR count). The third-order valence-corrected chi connectivity index (χ3v) is 5.11. The van der Waals surface area contributed by atoms with E-state index in [1.165, 1.54) is 4.90 Å². The van der Waals surface area contributed by atoms with E-state index in [9.17, 15) is 14.4 Å². The van der Waals surface area contributed by atoms with Gasteiger partial charge < -0.3 is 9.64 Å². The van der Waals surface area contributed by atoms with Crippen molar-refractivity contribution < 1.29 is 19.1 Å². The SMILES string of the molecule is CCOc1ccc(N2C(=O)CC(N(C(=O)C3CC3)C(C)CC)C2=O)cc1. The van der Waals surface area contributed by atoms with Crippen LogP contribution in [0.2, 0.25) is 0 Å². The van der Waals surface area contributed by atoms with Gasteiger partial charge in [-0.25, -0.2) is 4.90 Å². The number of carbonyl (C=O) groups is 3. The van der Waals surface area contributed by atoms with E-state index in [0.29, 0.717) is 18.0 Å². The topological polar surface area (TPSA) is 66.9 Å². The second-order valence-electron chi connectivity index (χ2n) is 6.99. The van der Waals surface area contributed by atoms with Gasteiger partial charge in [0.05, 0.1) is 18.7 Å². The first-order valence-corrected chi connectivity index (χ1v) is 9.39. The maximum Gasteiger partial charge on any atom is 0.257 e. The predicted molar refractivity (Wildman–Crippen MR) is 97.8 cm³/mol. The smallest absolute Gasteiger partial charge is 0.257 e. The van der Waals surface area contributed by atoms with Gasteiger partial charge in [0.25, 0.3) is 5.91 Å². The molecule has 6 heteroatoms. The molecule has 0 aromatic heterocycles. The summed E-state index contributed by atoms with van der Waals surface area (Å²) in [5, 5.41) is 0. The van der Waals surface area contributed by atoms with Gasteiger partial charge in [-0.05, 0) is 57.4 Å². The van der Waals surface area contributed by atoms with Crippen LogP contribution in [-0.2, 0) is 14.4 Å². The molecule has 26 heavy (non-hydrogen) atoms. The monoisotopic (exact) mass is 358 g/mol. The number of imide groups is 1. The fraction of sp³-hybridized carbons (Fsp3) is 0.550. The zero-order valence-corrected chi connectivity index (χ0v) is 15.6. The van der Waals surface area contributed by atoms with Crippen molar-refractivity contribution in [1.82, 2.24) is 4.90 Å². The molecular formula is C20H26N2O4. The minimum absolute atomic E-state index is 0.0130. The van der Waals surface area contributed by atoms with Gasteiger partial charge in [-0.15, -0.1) is 0 Å². The quantitative estimate of drug-likeness (QED) is 0.703. The van der Waals surface area contributed by atoms with Gasteiger partial charge in [0, 0.05) is 12.0 Å². The fourth-order valence-corrected chi connectivity index (χ4v) is 3.38. The lowest BCUT2D eigenvalue weighted by atomic mass is 10.1. The van der Waals surface area contributed by atoms with Crippen LogP contribution in [0.15, 0.2) is 24.3 Å². The predicted octanol–water partition coefficient (Wildman–Crippen LogP) is 2.75. The molecule has 1 aliphatic heterocycles. The van der Waals surface area contributed by atoms with E-state index in [1.54, 1.807) is 29.2 Å². The minimum atomic E-state index is -0.697. The van der Waals surface area contributed by atoms with Crippen molar-refractivity contribution in [3.63, 3.8) is 0 Å². The lowest BCUT2D eigenvalue weighted by Crippen LogP contribution is -2.50. The highest BCUT2D eigenvalue weighted by Crippen LogP contribution is 2.35. The van der Waals surface area contributed by atoms with Gasteiger partial charge in [-0.1, -0.05) is 6.92 Å². The second kappa shape index (κ2) is 7.48. The molecule has 1 aromatic carbocycles. The Morgan fingerprint density at radius 3 is 2.42 bits per heavy atom. The van der Waals surface area contributed by atoms with Crippen LogP contribution in [0.1, 0.15) is 46.5 Å². The Morgan fingerprint density at radius 1 is 1.23 bits per heavy atom. The number of amides is 3. The lowest BCUT2D eigenvalue weighted by molar-refractivity contribution is -0.141. The van der Waals surface area contributed by atoms with Crippen LogP contribution in [0.3, 0.4) is 0 Å². The summed E-state index contributed by atoms with van der Waals surface area (Å²) in [5.41, 5.74) is 0.522. The second-order valence-corrected chi connectivity index (χ2v) is 6.99. The molecule has 2 aliphatic rings. The van der Waals surface area contributed by atoms with Crippen molar-refractivity contribution in [3.8, 4) is 5.75 Å². The van der Waals surface area contributed by atoms with Crippen molar-refractivity contribution in [3.05, 3.63) is 24.3 Å². The van der Waals surface area contributed by atoms with Crippen molar-refractivity contribution in [1.29, 1.82) is 0 Å². The summed E-state index contributed by atoms with van der Waals surface area (Å²) in [7, 11) is 0. The zero-order chi connectivity index (χ0) is 18.8. The van der Waals surface area contributed by atoms with E-state index in [4.69, 9.17) is 4.74 Å². The van der Waals surface area contributed by atoms with Crippen LogP contribution < -0.4 is 9.64 Å². The standard InChI is InChI=1S/C20H26N2O4/c1-4-13(3)21(19(24)14-6-7-14)17-12-18(23)22(20(17)25)15-8-10-16(11-9-15)26-5-2/h8-11,13-14,17H,4-7,12H2,1-3H3. The summed E-state index contributed by atoms with van der Waals surface area (Å²) in [6.45, 7) is 6.38. The Kier molecular flexibility index (Phi) is 5.30. The van der Waals surface area contributed by atoms with Crippen molar-refractivity contribution in [2.24, 2.45) is 5.92 Å². The van der Waals surface area contributed by atoms with E-state index < -0.39 is 6.04 Å². The van der Waals surface area contributed by atoms with Crippen LogP contribution in [0.4, 0.5) is 5.69 Å². The molecule has 1 aliphatic carbocycles. The molecule has 1 heterocycles. The number of rotatable bonds is 7. The van der Waals surface area contributed by atoms with E-state index >= 15 is 0 Å². The zero-order valence-electron chi connectivity index (χ0n) is 15.6. The number of nitrogens with zero attached hydrogens (tertiary/aromatic N) is 2. The highest BCUT2D eigenvalue weighted by Gasteiger charge is 2.47. The molecule has 0 radical (unpaired) electrons. The molecule has 1 saturated carbocycles. The van der Waals surface area contributed by atoms with Gasteiger partial charge in [-0.2, -0.15) is 0 Å². The van der Waals surface area contributed by atoms with E-state index in [1.807, 2.05) is 20.8 Å². The molecule has 2 atom stereocenters. The molecule has 1 aromatic rings. The first-order chi connectivity index (χ1) is 12.5. The van der Waals surface area contributed by atoms with E-state index in [0.717, 1.165) is 19.3 Å². The van der Waals surface area contributed by atoms with E-state index in [2.05, 4.69) is 0 Å². The van der Waals surface area contributed by atoms with Gasteiger partial charge in [0.2, 0.25) is 11.8 Å². The van der Waals surface area contributed by atoms with Crippen molar-refractivity contribution in [2.45, 2.75) is 58.5 Å². The van der Waals surface area contributed by atoms with Gasteiger partial charge in [0.1, 0.15) is 11.8 Å². The Labute approximate surface area is 154 Å². The molecule has 1 saturated heterocycles. The molecule has 2 fully saturated rings. The Morgan fingerprint density at radius 2 is 1.88 bits per heavy atom. The molecule has 3 amide bonds. The average Bonchev–Trinajstić information content (AvgIpc) is 3.43. The Hall–Kier alpha value is -2.37. The van der Waals surface area contributed by atoms with Crippen molar-refractivity contribution >= 4 is 23.4 Å². The van der Waals surface area contributed by atoms with E-state index in [-0.39, 0.29) is 36.1 Å². The summed E-state index contributed by atoms with van der Waals surface area (Å²) >= 11 is 0. The largest absolute Gasteiger partial charge is 0.494 e. The summed E-state index contributed by atoms with van der Waals surface area (Å²) in [6, 6.07) is 6.14. The minimum Gasteiger partial charge on any atom is -0.494 e. The number of benzene rings is 1. The number of hydrogen-bond donors (Lipinski definition) is 0. The van der Waals surface area contributed by atoms with Gasteiger partial charge in [-0.3, -0.25) is 14.4 Å². The maximum atomic E-state index is 13.0. The molecular weight excluding hydrogens is 332 g/mol. The third kappa shape index (κ3) is 3.45. The maximum absolute atomic E-state index is 13.0. The molecule has 6 nitrogen and oxygen atoms in total. The Bertz CT molecular complexity index is 696. The first-order valence-electron chi connectivity index (χ1n) is 9.39. The third-order valence-electron chi connectivity index (χ3n) is 5.11. The van der Waals surface area contributed by atoms with Crippen LogP contribution in [-0.4, -0.2) is 41.3 Å². The summed E-state index contributed by atoms with van der Waals surface area (Å²) < 4.78 is 5.41. The molecule has 2 unspecified atom stereocenters. The van der Waals surface area contributed by atoms with Gasteiger partial charge in [0.15, 0.2) is 0 Å². The fourth-order valence-electron chi connectivity index (χ4n) is 3.38. The molecule has 0 spiro atoms. The van der Waals surface area contributed by atoms with Gasteiger partial charge >= 0.3 is 0 Å². The summed E-state index contributed by atoms with van der Waals surface area (Å²) in [5.74, 6) is 0.150. The first kappa shape index (κ1) is 18.4. The number of anilines is 1. The summed E-state index contributed by atoms with van der Waals surface area (Å²) in [6.07, 6.45) is 2.56. The highest BCUT2D eigenvalue weighted by molar-refractivity contribution is 6.23. The molecule has 0 N–H and O–H groups in total. The number of ether oxygens (including phenoxy) is 1. The number of hydrogen-bond acceptors (Lipinski definition) is 4. The van der Waals surface area contributed by atoms with Crippen LogP contribution >= 0.6 is 0 Å². The van der Waals surface area contributed by atoms with Crippen molar-refractivity contribution in [2.75, 3.05) is 11.5 Å². The van der Waals surface area contributed by atoms with Crippen LogP contribution in [0, 0.1) is 5.92 Å². The normalized spacial score (nSPS) is 21.0. The highest BCUT2D eigenvalue weighted by atomic mass is 16.5. The lowest BCUT2D eigenvalue weighted by Gasteiger charge is -2.33. The average molecular weight is 358 g/mol. The molecule has 0 bridgehead atoms. The number of carbonyl (C=O) groups excluding carboxylic acids is 3. The van der Waals surface area contributed by atoms with Crippen LogP contribution in [0.25, 0.3) is 0 Å².